The van der Waals surface area contributed by atoms with E-state index < -0.39 is 8.07 Å². The molecule has 0 aliphatic heterocycles. The average Bonchev–Trinajstić information content (AvgIpc) is 2.96. The van der Waals surface area contributed by atoms with Crippen LogP contribution in [0, 0.1) is 20.8 Å². The van der Waals surface area contributed by atoms with Crippen LogP contribution in [0.25, 0.3) is 0 Å². The fourth-order valence-corrected chi connectivity index (χ4v) is 11.5. The van der Waals surface area contributed by atoms with E-state index in [0.717, 1.165) is 0 Å². The molecule has 3 aromatic carbocycles. The summed E-state index contributed by atoms with van der Waals surface area (Å²) in [4.78, 5) is 0. The Balaban J connectivity index is 2.18. The fourth-order valence-electron chi connectivity index (χ4n) is 5.45. The van der Waals surface area contributed by atoms with Crippen molar-refractivity contribution in [1.29, 1.82) is 0 Å². The van der Waals surface area contributed by atoms with E-state index in [9.17, 15) is 0 Å². The highest BCUT2D eigenvalue weighted by Crippen LogP contribution is 2.43. The number of allylic oxidation sites excluding steroid dienone is 4. The van der Waals surface area contributed by atoms with Crippen LogP contribution in [0.2, 0.25) is 5.54 Å². The molecule has 0 fully saturated rings. The third-order valence-electron chi connectivity index (χ3n) is 6.81. The van der Waals surface area contributed by atoms with Crippen molar-refractivity contribution in [2.75, 3.05) is 0 Å². The molecular weight excluding hydrogens is 376 g/mol. The lowest BCUT2D eigenvalue weighted by Gasteiger charge is -2.41. The molecule has 0 amide bonds. The monoisotopic (exact) mass is 408 g/mol. The summed E-state index contributed by atoms with van der Waals surface area (Å²) in [5.41, 5.74) is 8.91. The molecule has 0 aromatic heterocycles. The Hall–Kier alpha value is -2.64. The molecule has 4 rings (SSSR count). The molecule has 3 aromatic rings. The van der Waals surface area contributed by atoms with Crippen molar-refractivity contribution in [3.05, 3.63) is 112 Å². The Morgan fingerprint density at radius 1 is 0.567 bits per heavy atom. The van der Waals surface area contributed by atoms with E-state index >= 15 is 0 Å². The lowest BCUT2D eigenvalue weighted by Crippen LogP contribution is -2.70. The topological polar surface area (TPSA) is 0 Å². The molecule has 0 radical (unpaired) electrons. The summed E-state index contributed by atoms with van der Waals surface area (Å²) < 4.78 is 0. The van der Waals surface area contributed by atoms with E-state index in [4.69, 9.17) is 0 Å². The molecule has 1 aliphatic carbocycles. The van der Waals surface area contributed by atoms with E-state index in [1.165, 1.54) is 49.0 Å². The summed E-state index contributed by atoms with van der Waals surface area (Å²) in [5.74, 6) is 0. The maximum absolute atomic E-state index is 2.45. The van der Waals surface area contributed by atoms with Gasteiger partial charge in [-0.2, -0.15) is 0 Å². The fraction of sp³-hybridized carbons (Fsp3) is 0.241. The van der Waals surface area contributed by atoms with Crippen LogP contribution in [0.5, 0.6) is 0 Å². The molecule has 30 heavy (non-hydrogen) atoms. The van der Waals surface area contributed by atoms with Gasteiger partial charge in [-0.05, 0) is 57.1 Å². The van der Waals surface area contributed by atoms with Crippen molar-refractivity contribution in [1.82, 2.24) is 0 Å². The molecule has 0 saturated heterocycles. The van der Waals surface area contributed by atoms with Gasteiger partial charge in [0.25, 0.3) is 0 Å². The van der Waals surface area contributed by atoms with Crippen molar-refractivity contribution in [2.24, 2.45) is 0 Å². The van der Waals surface area contributed by atoms with Gasteiger partial charge in [0.2, 0.25) is 0 Å². The highest BCUT2D eigenvalue weighted by atomic mass is 28.3. The van der Waals surface area contributed by atoms with E-state index in [0.29, 0.717) is 5.54 Å². The van der Waals surface area contributed by atoms with Gasteiger partial charge in [-0.1, -0.05) is 112 Å². The smallest absolute Gasteiger partial charge is 0.0676 e. The van der Waals surface area contributed by atoms with E-state index in [1.54, 1.807) is 0 Å². The third kappa shape index (κ3) is 3.32. The number of aryl methyl sites for hydroxylation is 3. The zero-order valence-electron chi connectivity index (χ0n) is 19.1. The predicted molar refractivity (Wildman–Crippen MR) is 134 cm³/mol. The predicted octanol–water partition coefficient (Wildman–Crippen LogP) is 5.75. The zero-order valence-corrected chi connectivity index (χ0v) is 20.1. The summed E-state index contributed by atoms with van der Waals surface area (Å²) in [6.45, 7) is 13.6. The first kappa shape index (κ1) is 20.6. The van der Waals surface area contributed by atoms with Crippen LogP contribution < -0.4 is 15.6 Å². The largest absolute Gasteiger partial charge is 0.159 e. The molecule has 0 heterocycles. The summed E-state index contributed by atoms with van der Waals surface area (Å²) in [5, 5.41) is 4.52. The second-order valence-corrected chi connectivity index (χ2v) is 13.0. The van der Waals surface area contributed by atoms with Gasteiger partial charge < -0.3 is 0 Å². The molecule has 1 atom stereocenters. The number of hydrogen-bond acceptors (Lipinski definition) is 0. The molecule has 0 N–H and O–H groups in total. The van der Waals surface area contributed by atoms with Crippen molar-refractivity contribution in [3.8, 4) is 0 Å². The Labute approximate surface area is 183 Å². The van der Waals surface area contributed by atoms with Crippen molar-refractivity contribution >= 4 is 23.6 Å². The minimum Gasteiger partial charge on any atom is -0.0676 e. The minimum atomic E-state index is -2.38. The van der Waals surface area contributed by atoms with Crippen molar-refractivity contribution in [3.63, 3.8) is 0 Å². The van der Waals surface area contributed by atoms with Gasteiger partial charge in [-0.3, -0.25) is 0 Å². The third-order valence-corrected chi connectivity index (χ3v) is 12.2. The first-order valence-electron chi connectivity index (χ1n) is 10.9. The molecule has 0 nitrogen and oxygen atoms in total. The molecule has 152 valence electrons. The van der Waals surface area contributed by atoms with Crippen LogP contribution in [0.3, 0.4) is 0 Å². The van der Waals surface area contributed by atoms with Gasteiger partial charge in [0.1, 0.15) is 0 Å². The Kier molecular flexibility index (Phi) is 5.42. The van der Waals surface area contributed by atoms with Gasteiger partial charge in [0.15, 0.2) is 8.07 Å². The van der Waals surface area contributed by atoms with Crippen LogP contribution in [0.15, 0.2) is 95.6 Å². The van der Waals surface area contributed by atoms with Crippen molar-refractivity contribution in [2.45, 2.75) is 47.1 Å². The molecule has 0 spiro atoms. The van der Waals surface area contributed by atoms with Crippen LogP contribution in [-0.2, 0) is 0 Å². The standard InChI is InChI=1S/C29H32Si/c1-20-10-7-13-26(16-20)30(27-14-8-11-21(2)17-27,28-15-9-12-22(3)18-28)29-24(5)19-23(4)25(29)6/h7-19,29H,1-6H3. The highest BCUT2D eigenvalue weighted by molar-refractivity contribution is 7.13. The summed E-state index contributed by atoms with van der Waals surface area (Å²) in [6.07, 6.45) is 2.42. The molecule has 0 bridgehead atoms. The first-order valence-corrected chi connectivity index (χ1v) is 13.0. The quantitative estimate of drug-likeness (QED) is 0.381. The molecule has 1 heteroatoms. The molecule has 0 saturated carbocycles. The Morgan fingerprint density at radius 3 is 1.27 bits per heavy atom. The summed E-state index contributed by atoms with van der Waals surface area (Å²) in [7, 11) is -2.38. The van der Waals surface area contributed by atoms with Crippen LogP contribution in [-0.4, -0.2) is 8.07 Å². The number of rotatable bonds is 4. The highest BCUT2D eigenvalue weighted by Gasteiger charge is 2.49. The van der Waals surface area contributed by atoms with Crippen LogP contribution in [0.4, 0.5) is 0 Å². The SMILES string of the molecule is CC1=CC(C)=C(C)C1[Si](c1cccc(C)c1)(c1cccc(C)c1)c1cccc(C)c1. The maximum Gasteiger partial charge on any atom is 0.159 e. The minimum absolute atomic E-state index is 0.433. The average molecular weight is 409 g/mol. The normalized spacial score (nSPS) is 16.7. The van der Waals surface area contributed by atoms with Crippen molar-refractivity contribution < 1.29 is 0 Å². The van der Waals surface area contributed by atoms with Gasteiger partial charge in [-0.25, -0.2) is 0 Å². The number of benzene rings is 3. The second-order valence-electron chi connectivity index (χ2n) is 9.10. The van der Waals surface area contributed by atoms with Crippen LogP contribution in [0.1, 0.15) is 37.5 Å². The van der Waals surface area contributed by atoms with E-state index in [1.807, 2.05) is 0 Å². The van der Waals surface area contributed by atoms with E-state index in [-0.39, 0.29) is 0 Å². The second kappa shape index (κ2) is 7.89. The molecule has 1 unspecified atom stereocenters. The van der Waals surface area contributed by atoms with E-state index in [2.05, 4.69) is 120 Å². The Bertz CT molecular complexity index is 1050. The summed E-state index contributed by atoms with van der Waals surface area (Å²) in [6, 6.07) is 27.9. The Morgan fingerprint density at radius 2 is 0.967 bits per heavy atom. The maximum atomic E-state index is 2.45. The molecule has 1 aliphatic rings. The van der Waals surface area contributed by atoms with Gasteiger partial charge in [0, 0.05) is 5.54 Å². The first-order chi connectivity index (χ1) is 14.3. The lowest BCUT2D eigenvalue weighted by molar-refractivity contribution is 1.09. The van der Waals surface area contributed by atoms with Gasteiger partial charge in [-0.15, -0.1) is 0 Å². The van der Waals surface area contributed by atoms with Gasteiger partial charge in [0.05, 0.1) is 0 Å². The summed E-state index contributed by atoms with van der Waals surface area (Å²) >= 11 is 0. The van der Waals surface area contributed by atoms with Crippen LogP contribution >= 0.6 is 0 Å². The van der Waals surface area contributed by atoms with Gasteiger partial charge >= 0.3 is 0 Å². The number of hydrogen-bond donors (Lipinski definition) is 0. The lowest BCUT2D eigenvalue weighted by atomic mass is 10.1. The molecular formula is C29H32Si. The zero-order chi connectivity index (χ0) is 21.5.